The Morgan fingerprint density at radius 3 is 2.74 bits per heavy atom. The predicted octanol–water partition coefficient (Wildman–Crippen LogP) is 4.18. The highest BCUT2D eigenvalue weighted by molar-refractivity contribution is 8.00. The van der Waals surface area contributed by atoms with Gasteiger partial charge in [-0.1, -0.05) is 29.5 Å². The molecule has 2 heterocycles. The van der Waals surface area contributed by atoms with Gasteiger partial charge in [-0.2, -0.15) is 0 Å². The molecular formula is C22H26ClN3O3S2. The fourth-order valence-electron chi connectivity index (χ4n) is 3.27. The van der Waals surface area contributed by atoms with Crippen LogP contribution < -0.4 is 9.64 Å². The molecule has 1 saturated heterocycles. The maximum absolute atomic E-state index is 13.2. The third-order valence-electron chi connectivity index (χ3n) is 4.96. The number of amides is 1. The molecule has 0 atom stereocenters. The van der Waals surface area contributed by atoms with Gasteiger partial charge in [0.1, 0.15) is 5.75 Å². The minimum Gasteiger partial charge on any atom is -0.497 e. The summed E-state index contributed by atoms with van der Waals surface area (Å²) >= 11 is 3.11. The van der Waals surface area contributed by atoms with E-state index in [-0.39, 0.29) is 18.3 Å². The van der Waals surface area contributed by atoms with Gasteiger partial charge in [-0.15, -0.1) is 24.2 Å². The van der Waals surface area contributed by atoms with Crippen LogP contribution >= 0.6 is 35.5 Å². The van der Waals surface area contributed by atoms with Crippen LogP contribution in [-0.2, 0) is 9.53 Å². The summed E-state index contributed by atoms with van der Waals surface area (Å²) in [6, 6.07) is 15.9. The van der Waals surface area contributed by atoms with Crippen molar-refractivity contribution in [3.05, 3.63) is 48.5 Å². The molecule has 166 valence electrons. The number of carbonyl (C=O) groups excluding carboxylic acids is 1. The molecule has 0 radical (unpaired) electrons. The first-order valence-corrected chi connectivity index (χ1v) is 11.8. The average molecular weight is 480 g/mol. The standard InChI is InChI=1S/C22H25N3O3S2.ClH/c1-27-17-7-8-20-19(15-17)23-22(30-20)25(10-9-24-11-13-28-14-12-24)21(26)16-29-18-5-3-2-4-6-18;/h2-8,15H,9-14,16H2,1H3;1H. The number of methoxy groups -OCH3 is 1. The van der Waals surface area contributed by atoms with Crippen LogP contribution in [0.4, 0.5) is 5.13 Å². The summed E-state index contributed by atoms with van der Waals surface area (Å²) in [5.41, 5.74) is 0.856. The molecule has 0 N–H and O–H groups in total. The van der Waals surface area contributed by atoms with E-state index in [1.807, 2.05) is 53.4 Å². The molecule has 1 aliphatic rings. The number of rotatable bonds is 8. The smallest absolute Gasteiger partial charge is 0.239 e. The highest BCUT2D eigenvalue weighted by atomic mass is 35.5. The third kappa shape index (κ3) is 6.33. The first-order chi connectivity index (χ1) is 14.7. The molecule has 1 aliphatic heterocycles. The molecule has 0 unspecified atom stereocenters. The van der Waals surface area contributed by atoms with Crippen LogP contribution in [0, 0.1) is 0 Å². The Bertz CT molecular complexity index is 981. The van der Waals surface area contributed by atoms with E-state index < -0.39 is 0 Å². The Balaban J connectivity index is 0.00000272. The normalized spacial score (nSPS) is 14.2. The molecule has 1 aromatic heterocycles. The molecule has 0 aliphatic carbocycles. The lowest BCUT2D eigenvalue weighted by atomic mass is 10.3. The number of benzene rings is 2. The zero-order valence-electron chi connectivity index (χ0n) is 17.4. The third-order valence-corrected chi connectivity index (χ3v) is 7.02. The van der Waals surface area contributed by atoms with Gasteiger partial charge in [0.05, 0.1) is 36.3 Å². The molecule has 1 amide bonds. The number of anilines is 1. The molecule has 3 aromatic rings. The highest BCUT2D eigenvalue weighted by Crippen LogP contribution is 2.32. The molecule has 0 spiro atoms. The van der Waals surface area contributed by atoms with Gasteiger partial charge in [0.15, 0.2) is 5.13 Å². The van der Waals surface area contributed by atoms with E-state index in [2.05, 4.69) is 4.90 Å². The van der Waals surface area contributed by atoms with Crippen molar-refractivity contribution in [1.82, 2.24) is 9.88 Å². The van der Waals surface area contributed by atoms with Crippen molar-refractivity contribution < 1.29 is 14.3 Å². The van der Waals surface area contributed by atoms with Gasteiger partial charge in [0, 0.05) is 37.1 Å². The fraction of sp³-hybridized carbons (Fsp3) is 0.364. The second kappa shape index (κ2) is 11.7. The molecule has 0 saturated carbocycles. The van der Waals surface area contributed by atoms with E-state index >= 15 is 0 Å². The Kier molecular flexibility index (Phi) is 8.98. The van der Waals surface area contributed by atoms with E-state index in [0.717, 1.165) is 58.8 Å². The van der Waals surface area contributed by atoms with E-state index in [9.17, 15) is 4.79 Å². The highest BCUT2D eigenvalue weighted by Gasteiger charge is 2.22. The summed E-state index contributed by atoms with van der Waals surface area (Å²) in [6.07, 6.45) is 0. The number of nitrogens with zero attached hydrogens (tertiary/aromatic N) is 3. The number of aromatic nitrogens is 1. The van der Waals surface area contributed by atoms with Crippen molar-refractivity contribution in [2.45, 2.75) is 4.90 Å². The zero-order valence-corrected chi connectivity index (χ0v) is 19.8. The van der Waals surface area contributed by atoms with Gasteiger partial charge >= 0.3 is 0 Å². The summed E-state index contributed by atoms with van der Waals surface area (Å²) in [4.78, 5) is 23.2. The second-order valence-corrected chi connectivity index (χ2v) is 8.99. The molecule has 1 fully saturated rings. The van der Waals surface area contributed by atoms with E-state index in [0.29, 0.717) is 12.3 Å². The number of halogens is 1. The van der Waals surface area contributed by atoms with Crippen LogP contribution in [0.25, 0.3) is 10.2 Å². The zero-order chi connectivity index (χ0) is 20.8. The van der Waals surface area contributed by atoms with Gasteiger partial charge in [-0.05, 0) is 24.3 Å². The number of thioether (sulfide) groups is 1. The van der Waals surface area contributed by atoms with Crippen LogP contribution in [-0.4, -0.2) is 68.0 Å². The van der Waals surface area contributed by atoms with Crippen LogP contribution in [0.5, 0.6) is 5.75 Å². The van der Waals surface area contributed by atoms with Gasteiger partial charge in [-0.3, -0.25) is 14.6 Å². The molecule has 9 heteroatoms. The Hall–Kier alpha value is -1.84. The van der Waals surface area contributed by atoms with Crippen LogP contribution in [0.2, 0.25) is 0 Å². The van der Waals surface area contributed by atoms with E-state index in [4.69, 9.17) is 14.5 Å². The summed E-state index contributed by atoms with van der Waals surface area (Å²) in [7, 11) is 1.65. The number of morpholine rings is 1. The monoisotopic (exact) mass is 479 g/mol. The van der Waals surface area contributed by atoms with Crippen molar-refractivity contribution >= 4 is 56.8 Å². The minimum atomic E-state index is 0. The quantitative estimate of drug-likeness (QED) is 0.452. The lowest BCUT2D eigenvalue weighted by Crippen LogP contribution is -2.43. The van der Waals surface area contributed by atoms with Crippen molar-refractivity contribution in [2.75, 3.05) is 57.2 Å². The van der Waals surface area contributed by atoms with Gasteiger partial charge in [-0.25, -0.2) is 4.98 Å². The molecule has 6 nitrogen and oxygen atoms in total. The van der Waals surface area contributed by atoms with Crippen LogP contribution in [0.15, 0.2) is 53.4 Å². The fourth-order valence-corrected chi connectivity index (χ4v) is 5.06. The van der Waals surface area contributed by atoms with Crippen molar-refractivity contribution in [3.63, 3.8) is 0 Å². The Morgan fingerprint density at radius 2 is 2.00 bits per heavy atom. The largest absolute Gasteiger partial charge is 0.497 e. The number of hydrogen-bond donors (Lipinski definition) is 0. The first-order valence-electron chi connectivity index (χ1n) is 9.96. The summed E-state index contributed by atoms with van der Waals surface area (Å²) < 4.78 is 11.8. The summed E-state index contributed by atoms with van der Waals surface area (Å²) in [5.74, 6) is 1.22. The second-order valence-electron chi connectivity index (χ2n) is 6.93. The van der Waals surface area contributed by atoms with Gasteiger partial charge in [0.2, 0.25) is 5.91 Å². The minimum absolute atomic E-state index is 0. The number of carbonyl (C=O) groups is 1. The van der Waals surface area contributed by atoms with Crippen LogP contribution in [0.3, 0.4) is 0 Å². The predicted molar refractivity (Wildman–Crippen MR) is 130 cm³/mol. The van der Waals surface area contributed by atoms with Crippen molar-refractivity contribution in [2.24, 2.45) is 0 Å². The molecular weight excluding hydrogens is 454 g/mol. The van der Waals surface area contributed by atoms with Crippen LogP contribution in [0.1, 0.15) is 0 Å². The molecule has 2 aromatic carbocycles. The SMILES string of the molecule is COc1ccc2sc(N(CCN3CCOCC3)C(=O)CSc3ccccc3)nc2c1.Cl. The van der Waals surface area contributed by atoms with Gasteiger partial charge in [0.25, 0.3) is 0 Å². The van der Waals surface area contributed by atoms with Gasteiger partial charge < -0.3 is 9.47 Å². The number of ether oxygens (including phenoxy) is 2. The average Bonchev–Trinajstić information content (AvgIpc) is 3.22. The number of hydrogen-bond acceptors (Lipinski definition) is 7. The maximum Gasteiger partial charge on any atom is 0.239 e. The topological polar surface area (TPSA) is 54.9 Å². The Morgan fingerprint density at radius 1 is 1.23 bits per heavy atom. The first kappa shape index (κ1) is 23.8. The summed E-state index contributed by atoms with van der Waals surface area (Å²) in [5, 5.41) is 0.741. The van der Waals surface area contributed by atoms with Crippen molar-refractivity contribution in [1.29, 1.82) is 0 Å². The Labute approximate surface area is 196 Å². The number of fused-ring (bicyclic) bond motifs is 1. The molecule has 31 heavy (non-hydrogen) atoms. The lowest BCUT2D eigenvalue weighted by Gasteiger charge is -2.29. The lowest BCUT2D eigenvalue weighted by molar-refractivity contribution is -0.116. The molecule has 0 bridgehead atoms. The number of thiazole rings is 1. The van der Waals surface area contributed by atoms with E-state index in [1.165, 1.54) is 0 Å². The molecule has 4 rings (SSSR count). The summed E-state index contributed by atoms with van der Waals surface area (Å²) in [6.45, 7) is 4.72. The van der Waals surface area contributed by atoms with Crippen molar-refractivity contribution in [3.8, 4) is 5.75 Å². The maximum atomic E-state index is 13.2. The van der Waals surface area contributed by atoms with E-state index in [1.54, 1.807) is 30.2 Å².